The number of ether oxygens (including phenoxy) is 2. The molecule has 1 aliphatic rings. The van der Waals surface area contributed by atoms with E-state index in [2.05, 4.69) is 5.10 Å². The van der Waals surface area contributed by atoms with Crippen molar-refractivity contribution in [3.05, 3.63) is 41.1 Å². The number of carboxylic acids is 1. The van der Waals surface area contributed by atoms with Gasteiger partial charge in [-0.2, -0.15) is 13.2 Å². The van der Waals surface area contributed by atoms with E-state index in [0.717, 1.165) is 10.5 Å². The predicted molar refractivity (Wildman–Crippen MR) is 104 cm³/mol. The minimum atomic E-state index is -4.78. The van der Waals surface area contributed by atoms with E-state index in [0.29, 0.717) is 0 Å². The molecular formula is C19H21F3N2O7S. The quantitative estimate of drug-likeness (QED) is 0.371. The molecule has 32 heavy (non-hydrogen) atoms. The molecule has 0 saturated carbocycles. The smallest absolute Gasteiger partial charge is 0.433 e. The summed E-state index contributed by atoms with van der Waals surface area (Å²) in [5.74, 6) is -2.21. The number of carbonyl (C=O) groups is 1. The van der Waals surface area contributed by atoms with Crippen molar-refractivity contribution < 1.29 is 47.9 Å². The number of alkyl halides is 3. The third kappa shape index (κ3) is 5.18. The SMILES string of the molecule is CSc1ccc(CCc2c(O[C@@H]3O[C@H](C(=O)O)[C@@H](O)[C@H](O)[C@H]3O)n[nH]c2C(F)(F)F)cc1. The van der Waals surface area contributed by atoms with Crippen LogP contribution in [0.15, 0.2) is 29.2 Å². The van der Waals surface area contributed by atoms with Crippen molar-refractivity contribution in [1.82, 2.24) is 10.2 Å². The molecule has 9 nitrogen and oxygen atoms in total. The van der Waals surface area contributed by atoms with E-state index in [-0.39, 0.29) is 18.4 Å². The Labute approximate surface area is 184 Å². The number of hydrogen-bond donors (Lipinski definition) is 5. The van der Waals surface area contributed by atoms with Crippen LogP contribution in [-0.4, -0.2) is 73.6 Å². The van der Waals surface area contributed by atoms with Crippen LogP contribution in [0, 0.1) is 0 Å². The molecule has 2 heterocycles. The first-order chi connectivity index (χ1) is 15.0. The summed E-state index contributed by atoms with van der Waals surface area (Å²) in [7, 11) is 0. The number of rotatable bonds is 7. The summed E-state index contributed by atoms with van der Waals surface area (Å²) in [4.78, 5) is 12.2. The number of nitrogens with one attached hydrogen (secondary N) is 1. The Balaban J connectivity index is 1.84. The molecule has 13 heteroatoms. The first-order valence-corrected chi connectivity index (χ1v) is 10.6. The molecule has 1 aromatic carbocycles. The fourth-order valence-electron chi connectivity index (χ4n) is 3.23. The van der Waals surface area contributed by atoms with E-state index in [1.54, 1.807) is 12.1 Å². The average Bonchev–Trinajstić information content (AvgIpc) is 3.15. The lowest BCUT2D eigenvalue weighted by Crippen LogP contribution is -2.61. The van der Waals surface area contributed by atoms with Crippen LogP contribution in [0.5, 0.6) is 5.88 Å². The van der Waals surface area contributed by atoms with Crippen molar-refractivity contribution >= 4 is 17.7 Å². The van der Waals surface area contributed by atoms with Crippen LogP contribution < -0.4 is 4.74 Å². The zero-order chi connectivity index (χ0) is 23.6. The Bertz CT molecular complexity index is 938. The highest BCUT2D eigenvalue weighted by molar-refractivity contribution is 7.98. The fraction of sp³-hybridized carbons (Fsp3) is 0.474. The zero-order valence-corrected chi connectivity index (χ0v) is 17.4. The number of benzene rings is 1. The molecule has 1 saturated heterocycles. The van der Waals surface area contributed by atoms with E-state index < -0.39 is 54.4 Å². The van der Waals surface area contributed by atoms with Gasteiger partial charge in [-0.3, -0.25) is 5.10 Å². The molecule has 0 aliphatic carbocycles. The number of halogens is 3. The number of hydrogen-bond acceptors (Lipinski definition) is 8. The number of thioether (sulfide) groups is 1. The average molecular weight is 478 g/mol. The van der Waals surface area contributed by atoms with Crippen LogP contribution in [0.25, 0.3) is 0 Å². The molecule has 1 aliphatic heterocycles. The molecule has 0 unspecified atom stereocenters. The standard InChI is InChI=1S/C19H21F3N2O7S/c1-32-9-5-2-8(3-6-9)4-7-10-15(19(20,21)22)23-24-16(10)31-18-13(27)11(25)12(26)14(30-18)17(28)29/h2-3,5-6,11-14,18,25-27H,4,7H2,1H3,(H,23,24)(H,28,29)/t11-,12-,13+,14-,18-/m0/s1. The second kappa shape index (κ2) is 9.67. The van der Waals surface area contributed by atoms with Crippen molar-refractivity contribution in [1.29, 1.82) is 0 Å². The number of nitrogens with zero attached hydrogens (tertiary/aromatic N) is 1. The van der Waals surface area contributed by atoms with Gasteiger partial charge in [-0.1, -0.05) is 12.1 Å². The van der Waals surface area contributed by atoms with Gasteiger partial charge in [-0.05, 0) is 36.8 Å². The maximum Gasteiger partial charge on any atom is 0.433 e. The number of aliphatic carboxylic acids is 1. The molecule has 0 bridgehead atoms. The molecule has 3 rings (SSSR count). The van der Waals surface area contributed by atoms with E-state index in [4.69, 9.17) is 14.6 Å². The van der Waals surface area contributed by atoms with Gasteiger partial charge in [0.2, 0.25) is 12.2 Å². The van der Waals surface area contributed by atoms with Crippen molar-refractivity contribution in [3.8, 4) is 5.88 Å². The van der Waals surface area contributed by atoms with Crippen LogP contribution in [0.3, 0.4) is 0 Å². The highest BCUT2D eigenvalue weighted by Crippen LogP contribution is 2.36. The summed E-state index contributed by atoms with van der Waals surface area (Å²) in [6.45, 7) is 0. The van der Waals surface area contributed by atoms with Crippen LogP contribution in [-0.2, 0) is 28.5 Å². The number of aryl methyl sites for hydroxylation is 1. The Morgan fingerprint density at radius 2 is 1.81 bits per heavy atom. The van der Waals surface area contributed by atoms with Gasteiger partial charge in [0.1, 0.15) is 24.0 Å². The van der Waals surface area contributed by atoms with Gasteiger partial charge in [-0.15, -0.1) is 16.9 Å². The lowest BCUT2D eigenvalue weighted by molar-refractivity contribution is -0.271. The minimum absolute atomic E-state index is 0.143. The second-order valence-electron chi connectivity index (χ2n) is 7.08. The van der Waals surface area contributed by atoms with Crippen LogP contribution >= 0.6 is 11.8 Å². The number of aliphatic hydroxyl groups excluding tert-OH is 3. The molecular weight excluding hydrogens is 457 g/mol. The van der Waals surface area contributed by atoms with Crippen molar-refractivity contribution in [2.75, 3.05) is 6.26 Å². The largest absolute Gasteiger partial charge is 0.479 e. The Morgan fingerprint density at radius 3 is 2.38 bits per heavy atom. The molecule has 1 fully saturated rings. The van der Waals surface area contributed by atoms with Gasteiger partial charge in [0.25, 0.3) is 0 Å². The highest BCUT2D eigenvalue weighted by atomic mass is 32.2. The van der Waals surface area contributed by atoms with Gasteiger partial charge < -0.3 is 29.9 Å². The maximum absolute atomic E-state index is 13.5. The summed E-state index contributed by atoms with van der Waals surface area (Å²) in [6.07, 6.45) is -12.5. The Kier molecular flexibility index (Phi) is 7.35. The third-order valence-electron chi connectivity index (χ3n) is 4.98. The molecule has 0 amide bonds. The van der Waals surface area contributed by atoms with Crippen LogP contribution in [0.4, 0.5) is 13.2 Å². The number of H-pyrrole nitrogens is 1. The van der Waals surface area contributed by atoms with Crippen LogP contribution in [0.1, 0.15) is 16.8 Å². The normalized spacial score (nSPS) is 26.2. The van der Waals surface area contributed by atoms with Crippen molar-refractivity contribution in [2.45, 2.75) is 54.6 Å². The van der Waals surface area contributed by atoms with Crippen molar-refractivity contribution in [2.24, 2.45) is 0 Å². The van der Waals surface area contributed by atoms with Gasteiger partial charge in [0, 0.05) is 10.5 Å². The minimum Gasteiger partial charge on any atom is -0.479 e. The van der Waals surface area contributed by atoms with Crippen molar-refractivity contribution in [3.63, 3.8) is 0 Å². The summed E-state index contributed by atoms with van der Waals surface area (Å²) >= 11 is 1.52. The second-order valence-corrected chi connectivity index (χ2v) is 7.96. The molecule has 0 radical (unpaired) electrons. The van der Waals surface area contributed by atoms with E-state index in [9.17, 15) is 33.3 Å². The summed E-state index contributed by atoms with van der Waals surface area (Å²) < 4.78 is 50.6. The fourth-order valence-corrected chi connectivity index (χ4v) is 3.64. The Hall–Kier alpha value is -2.32. The highest BCUT2D eigenvalue weighted by Gasteiger charge is 2.49. The molecule has 5 N–H and O–H groups in total. The molecule has 1 aromatic heterocycles. The lowest BCUT2D eigenvalue weighted by atomic mass is 9.99. The van der Waals surface area contributed by atoms with Gasteiger partial charge >= 0.3 is 12.1 Å². The van der Waals surface area contributed by atoms with Gasteiger partial charge in [0.05, 0.1) is 0 Å². The molecule has 2 aromatic rings. The monoisotopic (exact) mass is 478 g/mol. The van der Waals surface area contributed by atoms with E-state index >= 15 is 0 Å². The summed E-state index contributed by atoms with van der Waals surface area (Å²) in [5, 5.41) is 44.2. The first-order valence-electron chi connectivity index (χ1n) is 9.39. The van der Waals surface area contributed by atoms with Gasteiger partial charge in [-0.25, -0.2) is 4.79 Å². The van der Waals surface area contributed by atoms with E-state index in [1.807, 2.05) is 23.5 Å². The lowest BCUT2D eigenvalue weighted by Gasteiger charge is -2.38. The summed E-state index contributed by atoms with van der Waals surface area (Å²) in [5.41, 5.74) is -0.745. The van der Waals surface area contributed by atoms with E-state index in [1.165, 1.54) is 11.8 Å². The van der Waals surface area contributed by atoms with Gasteiger partial charge in [0.15, 0.2) is 6.10 Å². The third-order valence-corrected chi connectivity index (χ3v) is 5.72. The number of carboxylic acid groups (broad SMARTS) is 1. The topological polar surface area (TPSA) is 145 Å². The maximum atomic E-state index is 13.5. The first kappa shape index (κ1) is 24.3. The number of aromatic amines is 1. The molecule has 0 spiro atoms. The van der Waals surface area contributed by atoms with Crippen LogP contribution in [0.2, 0.25) is 0 Å². The molecule has 5 atom stereocenters. The predicted octanol–water partition coefficient (Wildman–Crippen LogP) is 1.21. The zero-order valence-electron chi connectivity index (χ0n) is 16.6. The number of aromatic nitrogens is 2. The summed E-state index contributed by atoms with van der Waals surface area (Å²) in [6, 6.07) is 7.23. The number of aliphatic hydroxyl groups is 3. The Morgan fingerprint density at radius 1 is 1.16 bits per heavy atom. The molecule has 176 valence electrons.